The fourth-order valence-electron chi connectivity index (χ4n) is 4.30. The van der Waals surface area contributed by atoms with Crippen LogP contribution in [0.1, 0.15) is 44.9 Å². The van der Waals surface area contributed by atoms with Gasteiger partial charge >= 0.3 is 0 Å². The van der Waals surface area contributed by atoms with Crippen LogP contribution in [0, 0.1) is 0 Å². The molecule has 1 aliphatic carbocycles. The summed E-state index contributed by atoms with van der Waals surface area (Å²) in [5, 5.41) is 3.66. The third-order valence-corrected chi connectivity index (χ3v) is 7.23. The van der Waals surface area contributed by atoms with Crippen LogP contribution >= 0.6 is 11.8 Å². The molecule has 0 radical (unpaired) electrons. The Morgan fingerprint density at radius 2 is 2.05 bits per heavy atom. The van der Waals surface area contributed by atoms with Gasteiger partial charge in [0.15, 0.2) is 5.96 Å². The van der Waals surface area contributed by atoms with E-state index in [1.165, 1.54) is 63.8 Å². The van der Waals surface area contributed by atoms with Crippen molar-refractivity contribution in [2.75, 3.05) is 46.0 Å². The van der Waals surface area contributed by atoms with Crippen LogP contribution in [0.4, 0.5) is 0 Å². The maximum absolute atomic E-state index is 4.58. The standard InChI is InChI=1S/C17H32N4S/c1-18-16(19-13-15-7-6-10-20(15)2)21-11-12-22-17(14-21)8-4-3-5-9-17/h15H,3-14H2,1-2H3,(H,18,19). The highest BCUT2D eigenvalue weighted by Crippen LogP contribution is 2.42. The van der Waals surface area contributed by atoms with Gasteiger partial charge in [0.05, 0.1) is 0 Å². The lowest BCUT2D eigenvalue weighted by atomic mass is 9.87. The zero-order valence-electron chi connectivity index (χ0n) is 14.3. The highest BCUT2D eigenvalue weighted by molar-refractivity contribution is 8.00. The van der Waals surface area contributed by atoms with E-state index in [4.69, 9.17) is 0 Å². The molecule has 2 aliphatic heterocycles. The molecule has 0 aromatic heterocycles. The van der Waals surface area contributed by atoms with Crippen molar-refractivity contribution < 1.29 is 0 Å². The summed E-state index contributed by atoms with van der Waals surface area (Å²) in [5.74, 6) is 2.38. The number of thioether (sulfide) groups is 1. The molecule has 1 N–H and O–H groups in total. The minimum absolute atomic E-state index is 0.512. The molecule has 2 heterocycles. The molecule has 1 spiro atoms. The molecule has 0 amide bonds. The lowest BCUT2D eigenvalue weighted by molar-refractivity contribution is 0.283. The van der Waals surface area contributed by atoms with E-state index in [-0.39, 0.29) is 0 Å². The van der Waals surface area contributed by atoms with Gasteiger partial charge in [-0.25, -0.2) is 0 Å². The second kappa shape index (κ2) is 7.43. The van der Waals surface area contributed by atoms with Crippen molar-refractivity contribution in [1.82, 2.24) is 15.1 Å². The highest BCUT2D eigenvalue weighted by Gasteiger charge is 2.38. The topological polar surface area (TPSA) is 30.9 Å². The van der Waals surface area contributed by atoms with Crippen molar-refractivity contribution in [3.63, 3.8) is 0 Å². The molecule has 126 valence electrons. The molecule has 3 rings (SSSR count). The van der Waals surface area contributed by atoms with Gasteiger partial charge in [0.25, 0.3) is 0 Å². The summed E-state index contributed by atoms with van der Waals surface area (Å²) in [6, 6.07) is 0.680. The maximum Gasteiger partial charge on any atom is 0.193 e. The van der Waals surface area contributed by atoms with Gasteiger partial charge in [0.1, 0.15) is 0 Å². The number of guanidine groups is 1. The Morgan fingerprint density at radius 1 is 1.23 bits per heavy atom. The summed E-state index contributed by atoms with van der Waals surface area (Å²) >= 11 is 2.23. The zero-order valence-corrected chi connectivity index (χ0v) is 15.1. The maximum atomic E-state index is 4.58. The van der Waals surface area contributed by atoms with Crippen LogP contribution in [0.15, 0.2) is 4.99 Å². The first-order valence-electron chi connectivity index (χ1n) is 9.02. The van der Waals surface area contributed by atoms with Gasteiger partial charge < -0.3 is 15.1 Å². The predicted molar refractivity (Wildman–Crippen MR) is 96.9 cm³/mol. The van der Waals surface area contributed by atoms with Crippen LogP contribution < -0.4 is 5.32 Å². The molecule has 4 nitrogen and oxygen atoms in total. The van der Waals surface area contributed by atoms with Gasteiger partial charge in [0, 0.05) is 43.2 Å². The Balaban J connectivity index is 1.56. The smallest absolute Gasteiger partial charge is 0.193 e. The van der Waals surface area contributed by atoms with Gasteiger partial charge in [-0.3, -0.25) is 4.99 Å². The quantitative estimate of drug-likeness (QED) is 0.624. The molecule has 2 saturated heterocycles. The number of nitrogens with one attached hydrogen (secondary N) is 1. The monoisotopic (exact) mass is 324 g/mol. The van der Waals surface area contributed by atoms with E-state index in [0.29, 0.717) is 10.8 Å². The normalized spacial score (nSPS) is 30.0. The number of nitrogens with zero attached hydrogens (tertiary/aromatic N) is 3. The average Bonchev–Trinajstić information content (AvgIpc) is 2.94. The van der Waals surface area contributed by atoms with Crippen LogP contribution in [-0.2, 0) is 0 Å². The van der Waals surface area contributed by atoms with Crippen molar-refractivity contribution in [3.05, 3.63) is 0 Å². The molecule has 3 fully saturated rings. The van der Waals surface area contributed by atoms with Crippen LogP contribution in [0.25, 0.3) is 0 Å². The first kappa shape index (κ1) is 16.4. The Kier molecular flexibility index (Phi) is 5.55. The highest BCUT2D eigenvalue weighted by atomic mass is 32.2. The first-order chi connectivity index (χ1) is 10.7. The number of hydrogen-bond donors (Lipinski definition) is 1. The number of likely N-dealkylation sites (N-methyl/N-ethyl adjacent to an activating group) is 1. The molecule has 5 heteroatoms. The lowest BCUT2D eigenvalue weighted by Crippen LogP contribution is -2.54. The van der Waals surface area contributed by atoms with E-state index in [1.807, 2.05) is 7.05 Å². The average molecular weight is 325 g/mol. The predicted octanol–water partition coefficient (Wildman–Crippen LogP) is 2.41. The molecule has 1 atom stereocenters. The van der Waals surface area contributed by atoms with Crippen LogP contribution in [0.3, 0.4) is 0 Å². The van der Waals surface area contributed by atoms with Gasteiger partial charge in [-0.05, 0) is 39.3 Å². The van der Waals surface area contributed by atoms with Crippen molar-refractivity contribution in [1.29, 1.82) is 0 Å². The summed E-state index contributed by atoms with van der Waals surface area (Å²) in [7, 11) is 4.19. The molecular formula is C17H32N4S. The number of likely N-dealkylation sites (tertiary alicyclic amines) is 1. The minimum atomic E-state index is 0.512. The molecule has 0 aromatic rings. The van der Waals surface area contributed by atoms with E-state index < -0.39 is 0 Å². The van der Waals surface area contributed by atoms with Crippen LogP contribution in [0.2, 0.25) is 0 Å². The third kappa shape index (κ3) is 3.73. The van der Waals surface area contributed by atoms with Gasteiger partial charge in [-0.15, -0.1) is 0 Å². The molecule has 1 unspecified atom stereocenters. The van der Waals surface area contributed by atoms with E-state index >= 15 is 0 Å². The Bertz CT molecular complexity index is 387. The largest absolute Gasteiger partial charge is 0.355 e. The molecule has 0 aromatic carbocycles. The molecule has 0 bridgehead atoms. The fraction of sp³-hybridized carbons (Fsp3) is 0.941. The van der Waals surface area contributed by atoms with Gasteiger partial charge in [-0.2, -0.15) is 11.8 Å². The number of hydrogen-bond acceptors (Lipinski definition) is 3. The van der Waals surface area contributed by atoms with E-state index in [2.05, 4.69) is 38.9 Å². The fourth-order valence-corrected chi connectivity index (χ4v) is 5.87. The molecule has 1 saturated carbocycles. The van der Waals surface area contributed by atoms with E-state index in [9.17, 15) is 0 Å². The Labute approximate surface area is 140 Å². The SMILES string of the molecule is CN=C(NCC1CCCN1C)N1CCSC2(CCCCC2)C1. The van der Waals surface area contributed by atoms with E-state index in [1.54, 1.807) is 0 Å². The van der Waals surface area contributed by atoms with Gasteiger partial charge in [0.2, 0.25) is 0 Å². The summed E-state index contributed by atoms with van der Waals surface area (Å²) in [5.41, 5.74) is 0. The van der Waals surface area contributed by atoms with Crippen molar-refractivity contribution in [2.45, 2.75) is 55.7 Å². The summed E-state index contributed by atoms with van der Waals surface area (Å²) < 4.78 is 0.512. The Hall–Kier alpha value is -0.420. The first-order valence-corrected chi connectivity index (χ1v) is 10.0. The van der Waals surface area contributed by atoms with Crippen LogP contribution in [0.5, 0.6) is 0 Å². The third-order valence-electron chi connectivity index (χ3n) is 5.69. The Morgan fingerprint density at radius 3 is 2.73 bits per heavy atom. The summed E-state index contributed by atoms with van der Waals surface area (Å²) in [6.07, 6.45) is 9.72. The van der Waals surface area contributed by atoms with Crippen molar-refractivity contribution in [2.24, 2.45) is 4.99 Å². The molecular weight excluding hydrogens is 292 g/mol. The van der Waals surface area contributed by atoms with E-state index in [0.717, 1.165) is 19.0 Å². The summed E-state index contributed by atoms with van der Waals surface area (Å²) in [6.45, 7) is 4.62. The second-order valence-corrected chi connectivity index (χ2v) is 8.78. The van der Waals surface area contributed by atoms with Crippen LogP contribution in [-0.4, -0.2) is 72.6 Å². The molecule has 22 heavy (non-hydrogen) atoms. The van der Waals surface area contributed by atoms with Gasteiger partial charge in [-0.1, -0.05) is 19.3 Å². The van der Waals surface area contributed by atoms with Crippen molar-refractivity contribution in [3.8, 4) is 0 Å². The lowest BCUT2D eigenvalue weighted by Gasteiger charge is -2.45. The van der Waals surface area contributed by atoms with Crippen molar-refractivity contribution >= 4 is 17.7 Å². The number of rotatable bonds is 2. The molecule has 3 aliphatic rings. The summed E-state index contributed by atoms with van der Waals surface area (Å²) in [4.78, 5) is 9.59. The zero-order chi connectivity index (χ0) is 15.4. The second-order valence-electron chi connectivity index (χ2n) is 7.22. The number of aliphatic imine (C=N–C) groups is 1. The minimum Gasteiger partial charge on any atom is -0.355 e.